The standard InChI is InChI=1S/C15H29N3O/c1-3-16-12-8-10-14(11-9-12)18(2)15(19)17-13-6-4-5-7-13/h12-14,16H,3-11H2,1-2H3,(H,17,19). The summed E-state index contributed by atoms with van der Waals surface area (Å²) in [6, 6.07) is 1.65. The van der Waals surface area contributed by atoms with Gasteiger partial charge in [-0.25, -0.2) is 4.79 Å². The molecular weight excluding hydrogens is 238 g/mol. The molecule has 2 aliphatic carbocycles. The van der Waals surface area contributed by atoms with E-state index in [0.717, 1.165) is 32.2 Å². The van der Waals surface area contributed by atoms with Gasteiger partial charge in [0.15, 0.2) is 0 Å². The van der Waals surface area contributed by atoms with Crippen LogP contribution in [-0.2, 0) is 0 Å². The zero-order valence-electron chi connectivity index (χ0n) is 12.5. The van der Waals surface area contributed by atoms with Crippen molar-refractivity contribution in [1.29, 1.82) is 0 Å². The molecule has 0 spiro atoms. The fraction of sp³-hybridized carbons (Fsp3) is 0.933. The van der Waals surface area contributed by atoms with E-state index in [1.807, 2.05) is 11.9 Å². The largest absolute Gasteiger partial charge is 0.335 e. The van der Waals surface area contributed by atoms with E-state index in [1.54, 1.807) is 0 Å². The lowest BCUT2D eigenvalue weighted by Crippen LogP contribution is -2.49. The van der Waals surface area contributed by atoms with Crippen LogP contribution in [0.4, 0.5) is 4.79 Å². The van der Waals surface area contributed by atoms with Crippen LogP contribution in [0.5, 0.6) is 0 Å². The third-order valence-electron chi connectivity index (χ3n) is 4.74. The van der Waals surface area contributed by atoms with Crippen LogP contribution in [-0.4, -0.2) is 42.6 Å². The van der Waals surface area contributed by atoms with Gasteiger partial charge in [0.2, 0.25) is 0 Å². The first-order valence-corrected chi connectivity index (χ1v) is 7.97. The summed E-state index contributed by atoms with van der Waals surface area (Å²) < 4.78 is 0. The highest BCUT2D eigenvalue weighted by molar-refractivity contribution is 5.74. The van der Waals surface area contributed by atoms with E-state index in [9.17, 15) is 4.79 Å². The molecule has 4 nitrogen and oxygen atoms in total. The number of carbonyl (C=O) groups is 1. The minimum absolute atomic E-state index is 0.138. The second kappa shape index (κ2) is 7.13. The fourth-order valence-electron chi connectivity index (χ4n) is 3.47. The average Bonchev–Trinajstić information content (AvgIpc) is 2.92. The van der Waals surface area contributed by atoms with Crippen LogP contribution in [0.3, 0.4) is 0 Å². The molecule has 4 heteroatoms. The Morgan fingerprint density at radius 2 is 1.68 bits per heavy atom. The Hall–Kier alpha value is -0.770. The highest BCUT2D eigenvalue weighted by Gasteiger charge is 2.27. The molecule has 0 aromatic heterocycles. The van der Waals surface area contributed by atoms with Crippen molar-refractivity contribution in [1.82, 2.24) is 15.5 Å². The van der Waals surface area contributed by atoms with E-state index >= 15 is 0 Å². The first kappa shape index (κ1) is 14.6. The van der Waals surface area contributed by atoms with E-state index < -0.39 is 0 Å². The van der Waals surface area contributed by atoms with Crippen molar-refractivity contribution in [3.05, 3.63) is 0 Å². The summed E-state index contributed by atoms with van der Waals surface area (Å²) in [7, 11) is 1.96. The molecule has 0 bridgehead atoms. The predicted octanol–water partition coefficient (Wildman–Crippen LogP) is 2.49. The Morgan fingerprint density at radius 3 is 2.26 bits per heavy atom. The maximum absolute atomic E-state index is 12.2. The van der Waals surface area contributed by atoms with Crippen molar-refractivity contribution in [3.8, 4) is 0 Å². The summed E-state index contributed by atoms with van der Waals surface area (Å²) in [5.74, 6) is 0. The molecule has 110 valence electrons. The van der Waals surface area contributed by atoms with E-state index in [1.165, 1.54) is 25.7 Å². The molecule has 2 aliphatic rings. The first-order chi connectivity index (χ1) is 9.20. The molecule has 19 heavy (non-hydrogen) atoms. The van der Waals surface area contributed by atoms with Gasteiger partial charge in [0, 0.05) is 25.2 Å². The monoisotopic (exact) mass is 267 g/mol. The van der Waals surface area contributed by atoms with Crippen LogP contribution in [0.2, 0.25) is 0 Å². The molecule has 0 aromatic carbocycles. The van der Waals surface area contributed by atoms with Gasteiger partial charge in [0.25, 0.3) is 0 Å². The second-order valence-electron chi connectivity index (χ2n) is 6.10. The van der Waals surface area contributed by atoms with E-state index in [4.69, 9.17) is 0 Å². The number of rotatable bonds is 4. The van der Waals surface area contributed by atoms with Gasteiger partial charge in [-0.1, -0.05) is 19.8 Å². The van der Waals surface area contributed by atoms with E-state index in [2.05, 4.69) is 17.6 Å². The minimum Gasteiger partial charge on any atom is -0.335 e. The highest BCUT2D eigenvalue weighted by Crippen LogP contribution is 2.23. The van der Waals surface area contributed by atoms with Gasteiger partial charge < -0.3 is 15.5 Å². The first-order valence-electron chi connectivity index (χ1n) is 7.97. The summed E-state index contributed by atoms with van der Waals surface area (Å²) in [4.78, 5) is 14.1. The molecule has 0 saturated heterocycles. The molecule has 2 fully saturated rings. The third kappa shape index (κ3) is 4.10. The average molecular weight is 267 g/mol. The highest BCUT2D eigenvalue weighted by atomic mass is 16.2. The number of nitrogens with zero attached hydrogens (tertiary/aromatic N) is 1. The lowest BCUT2D eigenvalue weighted by molar-refractivity contribution is 0.163. The third-order valence-corrected chi connectivity index (χ3v) is 4.74. The zero-order valence-corrected chi connectivity index (χ0v) is 12.5. The van der Waals surface area contributed by atoms with E-state index in [0.29, 0.717) is 18.1 Å². The van der Waals surface area contributed by atoms with Crippen LogP contribution in [0.25, 0.3) is 0 Å². The molecule has 2 rings (SSSR count). The van der Waals surface area contributed by atoms with Crippen LogP contribution < -0.4 is 10.6 Å². The van der Waals surface area contributed by atoms with Gasteiger partial charge in [-0.3, -0.25) is 0 Å². The van der Waals surface area contributed by atoms with Crippen molar-refractivity contribution in [3.63, 3.8) is 0 Å². The second-order valence-corrected chi connectivity index (χ2v) is 6.10. The Bertz CT molecular complexity index is 281. The number of hydrogen-bond acceptors (Lipinski definition) is 2. The molecule has 0 heterocycles. The number of urea groups is 1. The van der Waals surface area contributed by atoms with Gasteiger partial charge in [0.05, 0.1) is 0 Å². The fourth-order valence-corrected chi connectivity index (χ4v) is 3.47. The number of carbonyl (C=O) groups excluding carboxylic acids is 1. The van der Waals surface area contributed by atoms with Crippen molar-refractivity contribution >= 4 is 6.03 Å². The molecule has 2 amide bonds. The molecule has 2 saturated carbocycles. The zero-order chi connectivity index (χ0) is 13.7. The molecule has 0 aromatic rings. The number of nitrogens with one attached hydrogen (secondary N) is 2. The Morgan fingerprint density at radius 1 is 1.05 bits per heavy atom. The number of amides is 2. The van der Waals surface area contributed by atoms with E-state index in [-0.39, 0.29) is 6.03 Å². The summed E-state index contributed by atoms with van der Waals surface area (Å²) in [5.41, 5.74) is 0. The molecule has 0 unspecified atom stereocenters. The molecule has 2 N–H and O–H groups in total. The van der Waals surface area contributed by atoms with Crippen LogP contribution >= 0.6 is 0 Å². The maximum atomic E-state index is 12.2. The lowest BCUT2D eigenvalue weighted by Gasteiger charge is -2.35. The normalized spacial score (nSPS) is 28.3. The molecular formula is C15H29N3O. The topological polar surface area (TPSA) is 44.4 Å². The lowest BCUT2D eigenvalue weighted by atomic mass is 9.90. The van der Waals surface area contributed by atoms with Crippen molar-refractivity contribution in [2.24, 2.45) is 0 Å². The summed E-state index contributed by atoms with van der Waals surface area (Å²) in [6.45, 7) is 3.21. The van der Waals surface area contributed by atoms with Crippen molar-refractivity contribution in [2.45, 2.75) is 76.4 Å². The SMILES string of the molecule is CCNC1CCC(N(C)C(=O)NC2CCCC2)CC1. The molecule has 0 atom stereocenters. The van der Waals surface area contributed by atoms with Gasteiger partial charge in [-0.2, -0.15) is 0 Å². The Balaban J connectivity index is 1.73. The minimum atomic E-state index is 0.138. The summed E-state index contributed by atoms with van der Waals surface area (Å²) in [5, 5.41) is 6.70. The summed E-state index contributed by atoms with van der Waals surface area (Å²) in [6.07, 6.45) is 9.50. The van der Waals surface area contributed by atoms with Crippen molar-refractivity contribution < 1.29 is 4.79 Å². The van der Waals surface area contributed by atoms with Crippen LogP contribution in [0, 0.1) is 0 Å². The molecule has 0 radical (unpaired) electrons. The van der Waals surface area contributed by atoms with Crippen LogP contribution in [0.1, 0.15) is 58.3 Å². The Kier molecular flexibility index (Phi) is 5.49. The van der Waals surface area contributed by atoms with Gasteiger partial charge >= 0.3 is 6.03 Å². The maximum Gasteiger partial charge on any atom is 0.317 e. The van der Waals surface area contributed by atoms with Crippen molar-refractivity contribution in [2.75, 3.05) is 13.6 Å². The quantitative estimate of drug-likeness (QED) is 0.822. The number of hydrogen-bond donors (Lipinski definition) is 2. The predicted molar refractivity (Wildman–Crippen MR) is 78.3 cm³/mol. The summed E-state index contributed by atoms with van der Waals surface area (Å²) >= 11 is 0. The smallest absolute Gasteiger partial charge is 0.317 e. The van der Waals surface area contributed by atoms with Crippen LogP contribution in [0.15, 0.2) is 0 Å². The van der Waals surface area contributed by atoms with Gasteiger partial charge in [0.1, 0.15) is 0 Å². The molecule has 0 aliphatic heterocycles. The van der Waals surface area contributed by atoms with Gasteiger partial charge in [-0.05, 0) is 45.1 Å². The Labute approximate surface area is 117 Å². The van der Waals surface area contributed by atoms with Gasteiger partial charge in [-0.15, -0.1) is 0 Å².